The number of rotatable bonds is 5. The lowest BCUT2D eigenvalue weighted by molar-refractivity contribution is 0.194. The molecule has 0 spiro atoms. The van der Waals surface area contributed by atoms with Crippen LogP contribution in [-0.4, -0.2) is 25.8 Å². The highest BCUT2D eigenvalue weighted by Gasteiger charge is 2.21. The van der Waals surface area contributed by atoms with Crippen molar-refractivity contribution in [2.75, 3.05) is 25.6 Å². The molecule has 19 heavy (non-hydrogen) atoms. The second kappa shape index (κ2) is 6.29. The quantitative estimate of drug-likeness (QED) is 0.884. The lowest BCUT2D eigenvalue weighted by atomic mass is 10.0. The van der Waals surface area contributed by atoms with Gasteiger partial charge in [-0.25, -0.2) is 0 Å². The van der Waals surface area contributed by atoms with Crippen LogP contribution in [0.2, 0.25) is 0 Å². The molecule has 1 aromatic carbocycles. The Morgan fingerprint density at radius 1 is 1.37 bits per heavy atom. The molecule has 0 saturated heterocycles. The van der Waals surface area contributed by atoms with Gasteiger partial charge in [-0.1, -0.05) is 18.9 Å². The Morgan fingerprint density at radius 3 is 2.63 bits per heavy atom. The maximum atomic E-state index is 10.0. The molecule has 1 unspecified atom stereocenters. The SMILES string of the molecule is COc1cccc(N(C)CC2CCCC2)c1C(C)O. The zero-order chi connectivity index (χ0) is 13.8. The molecule has 1 saturated carbocycles. The summed E-state index contributed by atoms with van der Waals surface area (Å²) < 4.78 is 5.38. The van der Waals surface area contributed by atoms with Crippen molar-refractivity contribution >= 4 is 5.69 Å². The zero-order valence-electron chi connectivity index (χ0n) is 12.2. The predicted octanol–water partition coefficient (Wildman–Crippen LogP) is 3.37. The summed E-state index contributed by atoms with van der Waals surface area (Å²) >= 11 is 0. The molecule has 0 radical (unpaired) electrons. The fraction of sp³-hybridized carbons (Fsp3) is 0.625. The molecular formula is C16H25NO2. The van der Waals surface area contributed by atoms with Gasteiger partial charge in [0.15, 0.2) is 0 Å². The molecule has 1 aliphatic rings. The highest BCUT2D eigenvalue weighted by molar-refractivity contribution is 5.60. The maximum Gasteiger partial charge on any atom is 0.126 e. The Morgan fingerprint density at radius 2 is 2.05 bits per heavy atom. The van der Waals surface area contributed by atoms with E-state index in [2.05, 4.69) is 18.0 Å². The third kappa shape index (κ3) is 3.21. The van der Waals surface area contributed by atoms with Gasteiger partial charge in [0.2, 0.25) is 0 Å². The second-order valence-electron chi connectivity index (χ2n) is 5.60. The Balaban J connectivity index is 2.22. The molecule has 0 aliphatic heterocycles. The van der Waals surface area contributed by atoms with E-state index in [1.165, 1.54) is 25.7 Å². The van der Waals surface area contributed by atoms with Crippen molar-refractivity contribution in [2.45, 2.75) is 38.7 Å². The number of methoxy groups -OCH3 is 1. The van der Waals surface area contributed by atoms with Crippen molar-refractivity contribution in [3.8, 4) is 5.75 Å². The smallest absolute Gasteiger partial charge is 0.126 e. The topological polar surface area (TPSA) is 32.7 Å². The standard InChI is InChI=1S/C16H25NO2/c1-12(18)16-14(9-6-10-15(16)19-3)17(2)11-13-7-4-5-8-13/h6,9-10,12-13,18H,4-5,7-8,11H2,1-3H3. The minimum Gasteiger partial charge on any atom is -0.496 e. The van der Waals surface area contributed by atoms with Crippen molar-refractivity contribution in [1.82, 2.24) is 0 Å². The van der Waals surface area contributed by atoms with Crippen molar-refractivity contribution in [3.05, 3.63) is 23.8 Å². The zero-order valence-corrected chi connectivity index (χ0v) is 12.2. The minimum atomic E-state index is -0.517. The van der Waals surface area contributed by atoms with Crippen molar-refractivity contribution in [1.29, 1.82) is 0 Å². The van der Waals surface area contributed by atoms with Crippen molar-refractivity contribution < 1.29 is 9.84 Å². The summed E-state index contributed by atoms with van der Waals surface area (Å²) in [6.07, 6.45) is 4.87. The summed E-state index contributed by atoms with van der Waals surface area (Å²) in [6.45, 7) is 2.86. The molecular weight excluding hydrogens is 238 g/mol. The Hall–Kier alpha value is -1.22. The van der Waals surface area contributed by atoms with Gasteiger partial charge in [0, 0.05) is 24.8 Å². The third-order valence-corrected chi connectivity index (χ3v) is 4.10. The first kappa shape index (κ1) is 14.2. The number of aliphatic hydroxyl groups is 1. The number of anilines is 1. The second-order valence-corrected chi connectivity index (χ2v) is 5.60. The molecule has 1 atom stereocenters. The van der Waals surface area contributed by atoms with Gasteiger partial charge in [-0.2, -0.15) is 0 Å². The highest BCUT2D eigenvalue weighted by atomic mass is 16.5. The van der Waals surface area contributed by atoms with Gasteiger partial charge in [0.25, 0.3) is 0 Å². The van der Waals surface area contributed by atoms with Crippen LogP contribution in [0.25, 0.3) is 0 Å². The summed E-state index contributed by atoms with van der Waals surface area (Å²) in [5, 5.41) is 10.0. The molecule has 0 heterocycles. The average molecular weight is 263 g/mol. The lowest BCUT2D eigenvalue weighted by Gasteiger charge is -2.27. The van der Waals surface area contributed by atoms with Gasteiger partial charge in [-0.05, 0) is 37.8 Å². The van der Waals surface area contributed by atoms with Gasteiger partial charge in [-0.3, -0.25) is 0 Å². The number of nitrogens with zero attached hydrogens (tertiary/aromatic N) is 1. The molecule has 1 N–H and O–H groups in total. The molecule has 106 valence electrons. The van der Waals surface area contributed by atoms with E-state index in [0.717, 1.165) is 29.5 Å². The van der Waals surface area contributed by atoms with Crippen LogP contribution in [0.5, 0.6) is 5.75 Å². The Kier molecular flexibility index (Phi) is 4.70. The fourth-order valence-corrected chi connectivity index (χ4v) is 3.14. The van der Waals surface area contributed by atoms with Crippen molar-refractivity contribution in [3.63, 3.8) is 0 Å². The summed E-state index contributed by atoms with van der Waals surface area (Å²) in [5.74, 6) is 1.56. The molecule has 0 aromatic heterocycles. The molecule has 0 bridgehead atoms. The monoisotopic (exact) mass is 263 g/mol. The van der Waals surface area contributed by atoms with Crippen molar-refractivity contribution in [2.24, 2.45) is 5.92 Å². The van der Waals surface area contributed by atoms with Crippen LogP contribution >= 0.6 is 0 Å². The first-order valence-electron chi connectivity index (χ1n) is 7.19. The van der Waals surface area contributed by atoms with Crippen LogP contribution < -0.4 is 9.64 Å². The molecule has 2 rings (SSSR count). The first-order valence-corrected chi connectivity index (χ1v) is 7.19. The summed E-state index contributed by atoms with van der Waals surface area (Å²) in [5.41, 5.74) is 1.98. The van der Waals surface area contributed by atoms with Crippen LogP contribution in [0.15, 0.2) is 18.2 Å². The van der Waals surface area contributed by atoms with Gasteiger partial charge in [0.1, 0.15) is 5.75 Å². The fourth-order valence-electron chi connectivity index (χ4n) is 3.14. The molecule has 1 fully saturated rings. The Labute approximate surface area is 116 Å². The van der Waals surface area contributed by atoms with E-state index in [9.17, 15) is 5.11 Å². The van der Waals surface area contributed by atoms with Crippen LogP contribution in [-0.2, 0) is 0 Å². The van der Waals surface area contributed by atoms with Crippen LogP contribution in [0.4, 0.5) is 5.69 Å². The van der Waals surface area contributed by atoms with E-state index in [0.29, 0.717) is 0 Å². The molecule has 0 amide bonds. The predicted molar refractivity (Wildman–Crippen MR) is 78.9 cm³/mol. The lowest BCUT2D eigenvalue weighted by Crippen LogP contribution is -2.25. The van der Waals surface area contributed by atoms with E-state index in [-0.39, 0.29) is 0 Å². The third-order valence-electron chi connectivity index (χ3n) is 4.10. The molecule has 3 nitrogen and oxygen atoms in total. The number of hydrogen-bond donors (Lipinski definition) is 1. The summed E-state index contributed by atoms with van der Waals surface area (Å²) in [7, 11) is 3.76. The Bertz CT molecular complexity index is 411. The van der Waals surface area contributed by atoms with E-state index in [1.807, 2.05) is 12.1 Å². The molecule has 1 aliphatic carbocycles. The average Bonchev–Trinajstić information content (AvgIpc) is 2.90. The van der Waals surface area contributed by atoms with Gasteiger partial charge >= 0.3 is 0 Å². The van der Waals surface area contributed by atoms with Gasteiger partial charge < -0.3 is 14.7 Å². The van der Waals surface area contributed by atoms with E-state index >= 15 is 0 Å². The number of hydrogen-bond acceptors (Lipinski definition) is 3. The summed E-state index contributed by atoms with van der Waals surface area (Å²) in [4.78, 5) is 2.26. The van der Waals surface area contributed by atoms with E-state index in [1.54, 1.807) is 14.0 Å². The number of ether oxygens (including phenoxy) is 1. The normalized spacial score (nSPS) is 17.5. The largest absolute Gasteiger partial charge is 0.496 e. The number of benzene rings is 1. The number of aliphatic hydroxyl groups excluding tert-OH is 1. The highest BCUT2D eigenvalue weighted by Crippen LogP contribution is 2.35. The minimum absolute atomic E-state index is 0.517. The van der Waals surface area contributed by atoms with E-state index < -0.39 is 6.10 Å². The van der Waals surface area contributed by atoms with Gasteiger partial charge in [0.05, 0.1) is 13.2 Å². The van der Waals surface area contributed by atoms with E-state index in [4.69, 9.17) is 4.74 Å². The molecule has 1 aromatic rings. The molecule has 3 heteroatoms. The summed E-state index contributed by atoms with van der Waals surface area (Å²) in [6, 6.07) is 5.97. The maximum absolute atomic E-state index is 10.0. The first-order chi connectivity index (χ1) is 9.13. The van der Waals surface area contributed by atoms with Gasteiger partial charge in [-0.15, -0.1) is 0 Å². The van der Waals surface area contributed by atoms with Crippen LogP contribution in [0, 0.1) is 5.92 Å². The van der Waals surface area contributed by atoms with Crippen LogP contribution in [0.3, 0.4) is 0 Å². The van der Waals surface area contributed by atoms with Crippen LogP contribution in [0.1, 0.15) is 44.3 Å².